The topological polar surface area (TPSA) is 74.7 Å². The van der Waals surface area contributed by atoms with Crippen molar-refractivity contribution >= 4 is 17.8 Å². The fourth-order valence-corrected chi connectivity index (χ4v) is 1.26. The summed E-state index contributed by atoms with van der Waals surface area (Å²) in [4.78, 5) is 34.2. The molecule has 1 N–H and O–H groups in total. The molecule has 1 aliphatic heterocycles. The first-order valence-corrected chi connectivity index (χ1v) is 4.41. The molecule has 0 bridgehead atoms. The van der Waals surface area contributed by atoms with Gasteiger partial charge in [-0.1, -0.05) is 0 Å². The molecule has 0 radical (unpaired) electrons. The number of nitrogens with zero attached hydrogens (tertiary/aromatic N) is 1. The minimum Gasteiger partial charge on any atom is -0.481 e. The van der Waals surface area contributed by atoms with Crippen molar-refractivity contribution < 1.29 is 19.5 Å². The number of carbonyl (C=O) groups is 3. The Morgan fingerprint density at radius 3 is 2.14 bits per heavy atom. The minimum atomic E-state index is -1.07. The molecule has 5 heteroatoms. The minimum absolute atomic E-state index is 0.0417. The molecule has 5 nitrogen and oxygen atoms in total. The van der Waals surface area contributed by atoms with E-state index >= 15 is 0 Å². The second-order valence-electron chi connectivity index (χ2n) is 4.06. The van der Waals surface area contributed by atoms with Crippen LogP contribution in [-0.4, -0.2) is 34.3 Å². The van der Waals surface area contributed by atoms with Gasteiger partial charge in [0.25, 0.3) is 0 Å². The number of rotatable bonds is 3. The molecule has 0 unspecified atom stereocenters. The molecule has 1 rings (SSSR count). The summed E-state index contributed by atoms with van der Waals surface area (Å²) in [6.45, 7) is 2.95. The van der Waals surface area contributed by atoms with E-state index in [-0.39, 0.29) is 31.2 Å². The highest BCUT2D eigenvalue weighted by molar-refractivity contribution is 6.02. The van der Waals surface area contributed by atoms with E-state index in [9.17, 15) is 14.4 Å². The van der Waals surface area contributed by atoms with Crippen molar-refractivity contribution in [1.29, 1.82) is 0 Å². The Kier molecular flexibility index (Phi) is 2.59. The first-order valence-electron chi connectivity index (χ1n) is 4.41. The highest BCUT2D eigenvalue weighted by Crippen LogP contribution is 2.21. The lowest BCUT2D eigenvalue weighted by molar-refractivity contribution is -0.150. The summed E-state index contributed by atoms with van der Waals surface area (Å²) < 4.78 is 0. The van der Waals surface area contributed by atoms with Gasteiger partial charge in [0, 0.05) is 19.4 Å². The van der Waals surface area contributed by atoms with Gasteiger partial charge in [0.1, 0.15) is 0 Å². The summed E-state index contributed by atoms with van der Waals surface area (Å²) in [5.41, 5.74) is -1.07. The van der Waals surface area contributed by atoms with Crippen molar-refractivity contribution in [2.45, 2.75) is 26.7 Å². The average Bonchev–Trinajstić information content (AvgIpc) is 2.35. The van der Waals surface area contributed by atoms with E-state index in [1.165, 1.54) is 13.8 Å². The van der Waals surface area contributed by atoms with Crippen LogP contribution in [0.25, 0.3) is 0 Å². The molecule has 0 aromatic heterocycles. The summed E-state index contributed by atoms with van der Waals surface area (Å²) in [6.07, 6.45) is 0.406. The Bertz CT molecular complexity index is 279. The second-order valence-corrected chi connectivity index (χ2v) is 4.06. The third-order valence-corrected chi connectivity index (χ3v) is 2.29. The van der Waals surface area contributed by atoms with E-state index in [2.05, 4.69) is 0 Å². The zero-order valence-electron chi connectivity index (χ0n) is 8.24. The maximum atomic E-state index is 11.2. The van der Waals surface area contributed by atoms with Crippen LogP contribution in [-0.2, 0) is 14.4 Å². The molecule has 0 spiro atoms. The quantitative estimate of drug-likeness (QED) is 0.661. The van der Waals surface area contributed by atoms with Gasteiger partial charge < -0.3 is 5.11 Å². The second kappa shape index (κ2) is 3.40. The number of aliphatic carboxylic acids is 1. The number of likely N-dealkylation sites (tertiary alicyclic amines) is 1. The molecule has 1 fully saturated rings. The van der Waals surface area contributed by atoms with Crippen LogP contribution < -0.4 is 0 Å². The Morgan fingerprint density at radius 1 is 1.36 bits per heavy atom. The van der Waals surface area contributed by atoms with E-state index in [0.717, 1.165) is 4.90 Å². The summed E-state index contributed by atoms with van der Waals surface area (Å²) in [5, 5.41) is 8.82. The van der Waals surface area contributed by atoms with E-state index in [1.807, 2.05) is 0 Å². The highest BCUT2D eigenvalue weighted by atomic mass is 16.4. The Balaban J connectivity index is 2.73. The molecular formula is C9H13NO4. The van der Waals surface area contributed by atoms with Gasteiger partial charge >= 0.3 is 5.97 Å². The van der Waals surface area contributed by atoms with Crippen LogP contribution in [0.1, 0.15) is 26.7 Å². The van der Waals surface area contributed by atoms with Crippen LogP contribution in [0, 0.1) is 5.41 Å². The van der Waals surface area contributed by atoms with Crippen molar-refractivity contribution in [3.05, 3.63) is 0 Å². The summed E-state index contributed by atoms with van der Waals surface area (Å²) in [6, 6.07) is 0. The number of imide groups is 1. The molecular weight excluding hydrogens is 186 g/mol. The van der Waals surface area contributed by atoms with Gasteiger partial charge in [-0.15, -0.1) is 0 Å². The van der Waals surface area contributed by atoms with Gasteiger partial charge in [-0.25, -0.2) is 0 Å². The van der Waals surface area contributed by atoms with Crippen LogP contribution in [0.15, 0.2) is 0 Å². The predicted octanol–water partition coefficient (Wildman–Crippen LogP) is 0.246. The third-order valence-electron chi connectivity index (χ3n) is 2.29. The van der Waals surface area contributed by atoms with Crippen molar-refractivity contribution in [2.24, 2.45) is 5.41 Å². The summed E-state index contributed by atoms with van der Waals surface area (Å²) in [7, 11) is 0. The first-order chi connectivity index (χ1) is 6.34. The van der Waals surface area contributed by atoms with Crippen LogP contribution in [0.4, 0.5) is 0 Å². The lowest BCUT2D eigenvalue weighted by atomic mass is 9.93. The zero-order valence-corrected chi connectivity index (χ0v) is 8.24. The zero-order chi connectivity index (χ0) is 10.9. The molecule has 1 heterocycles. The fraction of sp³-hybridized carbons (Fsp3) is 0.667. The molecule has 0 atom stereocenters. The third kappa shape index (κ3) is 1.92. The lowest BCUT2D eigenvalue weighted by Crippen LogP contribution is -2.41. The van der Waals surface area contributed by atoms with E-state index in [0.29, 0.717) is 0 Å². The average molecular weight is 199 g/mol. The summed E-state index contributed by atoms with van der Waals surface area (Å²) in [5.74, 6) is -1.56. The Hall–Kier alpha value is -1.39. The first kappa shape index (κ1) is 10.7. The number of hydrogen-bond donors (Lipinski definition) is 1. The monoisotopic (exact) mass is 199 g/mol. The SMILES string of the molecule is CC(C)(CN1C(=O)CCC1=O)C(=O)O. The maximum absolute atomic E-state index is 11.2. The van der Waals surface area contributed by atoms with Gasteiger partial charge in [0.15, 0.2) is 0 Å². The largest absolute Gasteiger partial charge is 0.481 e. The van der Waals surface area contributed by atoms with Crippen molar-refractivity contribution in [1.82, 2.24) is 4.90 Å². The normalized spacial score (nSPS) is 17.7. The number of amides is 2. The molecule has 1 saturated heterocycles. The number of hydrogen-bond acceptors (Lipinski definition) is 3. The van der Waals surface area contributed by atoms with E-state index < -0.39 is 11.4 Å². The van der Waals surface area contributed by atoms with Gasteiger partial charge in [0.2, 0.25) is 11.8 Å². The van der Waals surface area contributed by atoms with Crippen LogP contribution in [0.3, 0.4) is 0 Å². The maximum Gasteiger partial charge on any atom is 0.310 e. The number of carbonyl (C=O) groups excluding carboxylic acids is 2. The van der Waals surface area contributed by atoms with E-state index in [1.54, 1.807) is 0 Å². The highest BCUT2D eigenvalue weighted by Gasteiger charge is 2.37. The molecule has 0 aromatic rings. The van der Waals surface area contributed by atoms with Crippen molar-refractivity contribution in [2.75, 3.05) is 6.54 Å². The van der Waals surface area contributed by atoms with Crippen LogP contribution >= 0.6 is 0 Å². The van der Waals surface area contributed by atoms with Gasteiger partial charge in [-0.05, 0) is 13.8 Å². The van der Waals surface area contributed by atoms with Crippen molar-refractivity contribution in [3.8, 4) is 0 Å². The molecule has 2 amide bonds. The molecule has 0 aromatic carbocycles. The molecule has 1 aliphatic rings. The van der Waals surface area contributed by atoms with Gasteiger partial charge in [-0.2, -0.15) is 0 Å². The van der Waals surface area contributed by atoms with Crippen molar-refractivity contribution in [3.63, 3.8) is 0 Å². The standard InChI is InChI=1S/C9H13NO4/c1-9(2,8(13)14)5-10-6(11)3-4-7(10)12/h3-5H2,1-2H3,(H,13,14). The van der Waals surface area contributed by atoms with Crippen LogP contribution in [0.2, 0.25) is 0 Å². The molecule has 14 heavy (non-hydrogen) atoms. The van der Waals surface area contributed by atoms with Crippen LogP contribution in [0.5, 0.6) is 0 Å². The van der Waals surface area contributed by atoms with E-state index in [4.69, 9.17) is 5.11 Å². The predicted molar refractivity (Wildman–Crippen MR) is 47.4 cm³/mol. The number of carboxylic acid groups (broad SMARTS) is 1. The summed E-state index contributed by atoms with van der Waals surface area (Å²) >= 11 is 0. The van der Waals surface area contributed by atoms with Gasteiger partial charge in [-0.3, -0.25) is 19.3 Å². The van der Waals surface area contributed by atoms with Gasteiger partial charge in [0.05, 0.1) is 5.41 Å². The molecule has 0 saturated carbocycles. The molecule has 78 valence electrons. The smallest absolute Gasteiger partial charge is 0.310 e. The fourth-order valence-electron chi connectivity index (χ4n) is 1.26. The Morgan fingerprint density at radius 2 is 1.79 bits per heavy atom. The lowest BCUT2D eigenvalue weighted by Gasteiger charge is -2.24. The Labute approximate surface area is 81.7 Å². The molecule has 0 aliphatic carbocycles. The number of carboxylic acids is 1.